The van der Waals surface area contributed by atoms with Crippen molar-refractivity contribution >= 4 is 28.1 Å². The maximum atomic E-state index is 12.2. The number of nitrogens with zero attached hydrogens (tertiary/aromatic N) is 2. The number of halogens is 1. The van der Waals surface area contributed by atoms with Crippen molar-refractivity contribution in [2.45, 2.75) is 6.54 Å². The van der Waals surface area contributed by atoms with Crippen LogP contribution < -0.4 is 5.43 Å². The van der Waals surface area contributed by atoms with Crippen molar-refractivity contribution in [1.82, 2.24) is 10.3 Å². The summed E-state index contributed by atoms with van der Waals surface area (Å²) in [5, 5.41) is 4.02. The molecule has 0 bridgehead atoms. The molecule has 2 aromatic carbocycles. The Kier molecular flexibility index (Phi) is 6.33. The van der Waals surface area contributed by atoms with E-state index in [4.69, 9.17) is 4.74 Å². The van der Waals surface area contributed by atoms with Crippen molar-refractivity contribution in [3.63, 3.8) is 0 Å². The van der Waals surface area contributed by atoms with Crippen LogP contribution in [-0.2, 0) is 11.3 Å². The van der Waals surface area contributed by atoms with Gasteiger partial charge in [0.2, 0.25) is 0 Å². The fraction of sp³-hybridized carbons (Fsp3) is 0.263. The molecule has 1 aliphatic heterocycles. The number of hydrogen-bond acceptors (Lipinski definition) is 4. The van der Waals surface area contributed by atoms with Gasteiger partial charge in [-0.25, -0.2) is 5.43 Å². The first-order valence-corrected chi connectivity index (χ1v) is 8.98. The Morgan fingerprint density at radius 1 is 1.16 bits per heavy atom. The number of carbonyl (C=O) groups excluding carboxylic acids is 1. The van der Waals surface area contributed by atoms with Gasteiger partial charge in [-0.1, -0.05) is 46.3 Å². The number of ether oxygens (including phenoxy) is 1. The molecule has 3 rings (SSSR count). The molecule has 1 N–H and O–H groups in total. The van der Waals surface area contributed by atoms with Gasteiger partial charge >= 0.3 is 0 Å². The van der Waals surface area contributed by atoms with Crippen LogP contribution in [0.1, 0.15) is 21.5 Å². The van der Waals surface area contributed by atoms with Gasteiger partial charge in [0.25, 0.3) is 5.91 Å². The second-order valence-electron chi connectivity index (χ2n) is 5.81. The number of hydrazone groups is 1. The highest BCUT2D eigenvalue weighted by Gasteiger charge is 2.11. The van der Waals surface area contributed by atoms with Crippen LogP contribution in [0.5, 0.6) is 0 Å². The standard InChI is InChI=1S/C19H20BrN3O2/c20-18-4-2-1-3-17(18)13-21-22-19(24)16-7-5-15(6-8-16)14-23-9-11-25-12-10-23/h1-8,13H,9-12,14H2,(H,22,24)/b21-13-. The quantitative estimate of drug-likeness (QED) is 0.618. The van der Waals surface area contributed by atoms with Crippen molar-refractivity contribution < 1.29 is 9.53 Å². The predicted molar refractivity (Wildman–Crippen MR) is 102 cm³/mol. The summed E-state index contributed by atoms with van der Waals surface area (Å²) in [6, 6.07) is 15.3. The first kappa shape index (κ1) is 17.8. The van der Waals surface area contributed by atoms with Gasteiger partial charge in [0.1, 0.15) is 0 Å². The molecule has 1 heterocycles. The lowest BCUT2D eigenvalue weighted by Crippen LogP contribution is -2.35. The van der Waals surface area contributed by atoms with E-state index in [1.54, 1.807) is 6.21 Å². The molecule has 1 aliphatic rings. The van der Waals surface area contributed by atoms with Gasteiger partial charge in [-0.2, -0.15) is 5.10 Å². The number of hydrogen-bond donors (Lipinski definition) is 1. The molecule has 130 valence electrons. The zero-order chi connectivity index (χ0) is 17.5. The summed E-state index contributed by atoms with van der Waals surface area (Å²) in [5.41, 5.74) is 5.25. The third-order valence-electron chi connectivity index (χ3n) is 4.00. The second kappa shape index (κ2) is 8.89. The fourth-order valence-corrected chi connectivity index (χ4v) is 2.97. The van der Waals surface area contributed by atoms with Crippen LogP contribution >= 0.6 is 15.9 Å². The van der Waals surface area contributed by atoms with Crippen LogP contribution in [0.15, 0.2) is 58.1 Å². The molecule has 2 aromatic rings. The van der Waals surface area contributed by atoms with E-state index in [9.17, 15) is 4.79 Å². The number of benzene rings is 2. The molecule has 1 amide bonds. The summed E-state index contributed by atoms with van der Waals surface area (Å²) in [5.74, 6) is -0.221. The maximum absolute atomic E-state index is 12.2. The topological polar surface area (TPSA) is 53.9 Å². The minimum Gasteiger partial charge on any atom is -0.379 e. The van der Waals surface area contributed by atoms with Gasteiger partial charge in [-0.15, -0.1) is 0 Å². The molecule has 0 atom stereocenters. The average molecular weight is 402 g/mol. The van der Waals surface area contributed by atoms with Crippen LogP contribution in [-0.4, -0.2) is 43.3 Å². The molecule has 0 unspecified atom stereocenters. The van der Waals surface area contributed by atoms with Crippen LogP contribution in [0, 0.1) is 0 Å². The van der Waals surface area contributed by atoms with Crippen LogP contribution in [0.2, 0.25) is 0 Å². The zero-order valence-corrected chi connectivity index (χ0v) is 15.4. The van der Waals surface area contributed by atoms with Gasteiger partial charge in [0.15, 0.2) is 0 Å². The van der Waals surface area contributed by atoms with E-state index in [2.05, 4.69) is 31.4 Å². The van der Waals surface area contributed by atoms with Crippen molar-refractivity contribution in [1.29, 1.82) is 0 Å². The Morgan fingerprint density at radius 3 is 2.60 bits per heavy atom. The molecule has 6 heteroatoms. The molecule has 0 saturated carbocycles. The van der Waals surface area contributed by atoms with E-state index in [0.717, 1.165) is 42.9 Å². The Hall–Kier alpha value is -2.02. The first-order chi connectivity index (χ1) is 12.2. The summed E-state index contributed by atoms with van der Waals surface area (Å²) in [6.45, 7) is 4.36. The molecule has 1 fully saturated rings. The molecule has 0 aromatic heterocycles. The van der Waals surface area contributed by atoms with Crippen LogP contribution in [0.4, 0.5) is 0 Å². The number of nitrogens with one attached hydrogen (secondary N) is 1. The van der Waals surface area contributed by atoms with Gasteiger partial charge in [0, 0.05) is 35.2 Å². The molecule has 0 radical (unpaired) electrons. The largest absolute Gasteiger partial charge is 0.379 e. The maximum Gasteiger partial charge on any atom is 0.271 e. The normalized spacial score (nSPS) is 15.4. The average Bonchev–Trinajstić information content (AvgIpc) is 2.65. The van der Waals surface area contributed by atoms with E-state index in [0.29, 0.717) is 5.56 Å². The van der Waals surface area contributed by atoms with E-state index in [1.165, 1.54) is 5.56 Å². The molecule has 5 nitrogen and oxygen atoms in total. The minimum absolute atomic E-state index is 0.221. The van der Waals surface area contributed by atoms with Crippen molar-refractivity contribution in [3.8, 4) is 0 Å². The summed E-state index contributed by atoms with van der Waals surface area (Å²) in [4.78, 5) is 14.5. The fourth-order valence-electron chi connectivity index (χ4n) is 2.58. The van der Waals surface area contributed by atoms with E-state index in [1.807, 2.05) is 48.5 Å². The smallest absolute Gasteiger partial charge is 0.271 e. The van der Waals surface area contributed by atoms with Gasteiger partial charge < -0.3 is 4.74 Å². The zero-order valence-electron chi connectivity index (χ0n) is 13.8. The van der Waals surface area contributed by atoms with Crippen LogP contribution in [0.3, 0.4) is 0 Å². The van der Waals surface area contributed by atoms with Crippen molar-refractivity contribution in [2.24, 2.45) is 5.10 Å². The number of amides is 1. The minimum atomic E-state index is -0.221. The van der Waals surface area contributed by atoms with E-state index < -0.39 is 0 Å². The van der Waals surface area contributed by atoms with E-state index >= 15 is 0 Å². The molecular formula is C19H20BrN3O2. The first-order valence-electron chi connectivity index (χ1n) is 8.19. The van der Waals surface area contributed by atoms with Gasteiger partial charge in [-0.3, -0.25) is 9.69 Å². The number of morpholine rings is 1. The molecule has 0 spiro atoms. The number of rotatable bonds is 5. The lowest BCUT2D eigenvalue weighted by molar-refractivity contribution is 0.0342. The third-order valence-corrected chi connectivity index (χ3v) is 4.72. The lowest BCUT2D eigenvalue weighted by Gasteiger charge is -2.26. The van der Waals surface area contributed by atoms with Crippen molar-refractivity contribution in [3.05, 3.63) is 69.7 Å². The Labute approximate surface area is 155 Å². The Morgan fingerprint density at radius 2 is 1.88 bits per heavy atom. The number of carbonyl (C=O) groups is 1. The summed E-state index contributed by atoms with van der Waals surface area (Å²) in [7, 11) is 0. The summed E-state index contributed by atoms with van der Waals surface area (Å²) < 4.78 is 6.28. The van der Waals surface area contributed by atoms with Crippen LogP contribution in [0.25, 0.3) is 0 Å². The lowest BCUT2D eigenvalue weighted by atomic mass is 10.1. The monoisotopic (exact) mass is 401 g/mol. The molecule has 1 saturated heterocycles. The molecular weight excluding hydrogens is 382 g/mol. The highest BCUT2D eigenvalue weighted by atomic mass is 79.9. The molecule has 0 aliphatic carbocycles. The second-order valence-corrected chi connectivity index (χ2v) is 6.66. The van der Waals surface area contributed by atoms with Gasteiger partial charge in [-0.05, 0) is 23.8 Å². The highest BCUT2D eigenvalue weighted by Crippen LogP contribution is 2.13. The van der Waals surface area contributed by atoms with Crippen molar-refractivity contribution in [2.75, 3.05) is 26.3 Å². The Bertz CT molecular complexity index is 741. The van der Waals surface area contributed by atoms with Gasteiger partial charge in [0.05, 0.1) is 19.4 Å². The summed E-state index contributed by atoms with van der Waals surface area (Å²) >= 11 is 3.44. The third kappa shape index (κ3) is 5.22. The highest BCUT2D eigenvalue weighted by molar-refractivity contribution is 9.10. The summed E-state index contributed by atoms with van der Waals surface area (Å²) in [6.07, 6.45) is 1.62. The predicted octanol–water partition coefficient (Wildman–Crippen LogP) is 3.05. The molecule has 25 heavy (non-hydrogen) atoms. The Balaban J connectivity index is 1.54. The SMILES string of the molecule is O=C(N/N=C\c1ccccc1Br)c1ccc(CN2CCOCC2)cc1. The van der Waals surface area contributed by atoms with E-state index in [-0.39, 0.29) is 5.91 Å².